The van der Waals surface area contributed by atoms with E-state index in [1.54, 1.807) is 36.4 Å². The van der Waals surface area contributed by atoms with Gasteiger partial charge in [-0.2, -0.15) is 8.42 Å². The van der Waals surface area contributed by atoms with Crippen LogP contribution in [0.3, 0.4) is 0 Å². The summed E-state index contributed by atoms with van der Waals surface area (Å²) in [4.78, 5) is 26.8. The monoisotopic (exact) mass is 531 g/mol. The Hall–Kier alpha value is -4.08. The zero-order chi connectivity index (χ0) is 26.0. The number of nitrogens with zero attached hydrogens (tertiary/aromatic N) is 1. The molecule has 4 aromatic rings. The quantitative estimate of drug-likeness (QED) is 0.218. The van der Waals surface area contributed by atoms with Crippen molar-refractivity contribution in [2.45, 2.75) is 11.4 Å². The molecule has 7 nitrogen and oxygen atoms in total. The van der Waals surface area contributed by atoms with Crippen LogP contribution < -0.4 is 8.92 Å². The van der Waals surface area contributed by atoms with Crippen LogP contribution in [0.2, 0.25) is 0 Å². The smallest absolute Gasteiger partial charge is 0.339 e. The van der Waals surface area contributed by atoms with Crippen molar-refractivity contribution in [1.29, 1.82) is 0 Å². The van der Waals surface area contributed by atoms with Gasteiger partial charge in [-0.25, -0.2) is 0 Å². The van der Waals surface area contributed by atoms with Crippen LogP contribution in [-0.2, 0) is 21.5 Å². The Kier molecular flexibility index (Phi) is 6.73. The second-order valence-electron chi connectivity index (χ2n) is 8.18. The van der Waals surface area contributed by atoms with E-state index in [-0.39, 0.29) is 33.1 Å². The zero-order valence-corrected chi connectivity index (χ0v) is 21.3. The highest BCUT2D eigenvalue weighted by atomic mass is 32.2. The minimum Gasteiger partial charge on any atom is -0.493 e. The van der Waals surface area contributed by atoms with Gasteiger partial charge in [0.05, 0.1) is 18.6 Å². The van der Waals surface area contributed by atoms with E-state index in [1.807, 2.05) is 48.5 Å². The van der Waals surface area contributed by atoms with Crippen LogP contribution in [0.25, 0.3) is 16.8 Å². The van der Waals surface area contributed by atoms with Crippen LogP contribution in [0.5, 0.6) is 11.5 Å². The number of fused-ring (bicyclic) bond motifs is 1. The molecule has 0 bridgehead atoms. The fraction of sp³-hybridized carbons (Fsp3) is 0.0714. The number of carbonyl (C=O) groups excluding carboxylic acids is 2. The summed E-state index contributed by atoms with van der Waals surface area (Å²) in [6, 6.07) is 26.0. The molecule has 0 aliphatic carbocycles. The van der Waals surface area contributed by atoms with Gasteiger partial charge in [0.25, 0.3) is 11.1 Å². The number of ether oxygens (including phenoxy) is 1. The molecule has 186 valence electrons. The van der Waals surface area contributed by atoms with Gasteiger partial charge < -0.3 is 8.92 Å². The number of carbonyl (C=O) groups is 2. The summed E-state index contributed by atoms with van der Waals surface area (Å²) in [5.74, 6) is -0.220. The van der Waals surface area contributed by atoms with Crippen molar-refractivity contribution < 1.29 is 26.9 Å². The molecule has 9 heteroatoms. The van der Waals surface area contributed by atoms with Gasteiger partial charge in [0.1, 0.15) is 4.90 Å². The van der Waals surface area contributed by atoms with Crippen molar-refractivity contribution in [3.05, 3.63) is 107 Å². The van der Waals surface area contributed by atoms with E-state index in [0.717, 1.165) is 22.7 Å². The first-order valence-corrected chi connectivity index (χ1v) is 13.5. The number of thioether (sulfide) groups is 1. The lowest BCUT2D eigenvalue weighted by molar-refractivity contribution is -0.123. The minimum atomic E-state index is -4.17. The van der Waals surface area contributed by atoms with E-state index in [0.29, 0.717) is 10.9 Å². The van der Waals surface area contributed by atoms with Crippen LogP contribution in [-0.4, -0.2) is 31.6 Å². The van der Waals surface area contributed by atoms with Gasteiger partial charge >= 0.3 is 10.1 Å². The van der Waals surface area contributed by atoms with Crippen molar-refractivity contribution in [3.8, 4) is 11.5 Å². The summed E-state index contributed by atoms with van der Waals surface area (Å²) in [5, 5.41) is 0.968. The fourth-order valence-electron chi connectivity index (χ4n) is 3.97. The van der Waals surface area contributed by atoms with Gasteiger partial charge in [0.15, 0.2) is 11.5 Å². The Bertz CT molecular complexity index is 1640. The molecule has 0 saturated carbocycles. The summed E-state index contributed by atoms with van der Waals surface area (Å²) in [6.45, 7) is 0.185. The Labute approximate surface area is 218 Å². The van der Waals surface area contributed by atoms with Crippen molar-refractivity contribution >= 4 is 49.9 Å². The van der Waals surface area contributed by atoms with Crippen LogP contribution in [0.1, 0.15) is 11.1 Å². The lowest BCUT2D eigenvalue weighted by Gasteiger charge is -2.13. The van der Waals surface area contributed by atoms with Gasteiger partial charge in [-0.3, -0.25) is 14.5 Å². The molecule has 1 aliphatic rings. The first-order valence-electron chi connectivity index (χ1n) is 11.3. The molecule has 0 unspecified atom stereocenters. The van der Waals surface area contributed by atoms with E-state index in [1.165, 1.54) is 24.1 Å². The number of methoxy groups -OCH3 is 1. The average Bonchev–Trinajstić information content (AvgIpc) is 3.16. The topological polar surface area (TPSA) is 90.0 Å². The third-order valence-electron chi connectivity index (χ3n) is 5.76. The van der Waals surface area contributed by atoms with E-state index in [9.17, 15) is 18.0 Å². The molecule has 1 heterocycles. The summed E-state index contributed by atoms with van der Waals surface area (Å²) in [5.41, 5.74) is 1.40. The molecule has 0 aromatic heterocycles. The van der Waals surface area contributed by atoms with Crippen molar-refractivity contribution in [2.75, 3.05) is 7.11 Å². The number of amides is 2. The second-order valence-corrected chi connectivity index (χ2v) is 10.7. The normalized spacial score (nSPS) is 14.9. The van der Waals surface area contributed by atoms with Gasteiger partial charge in [0.2, 0.25) is 0 Å². The van der Waals surface area contributed by atoms with Gasteiger partial charge in [-0.15, -0.1) is 0 Å². The van der Waals surface area contributed by atoms with Gasteiger partial charge in [0, 0.05) is 5.39 Å². The van der Waals surface area contributed by atoms with E-state index in [2.05, 4.69) is 0 Å². The van der Waals surface area contributed by atoms with Crippen LogP contribution in [0.15, 0.2) is 101 Å². The number of imide groups is 1. The van der Waals surface area contributed by atoms with Crippen molar-refractivity contribution in [3.63, 3.8) is 0 Å². The molecule has 2 amide bonds. The minimum absolute atomic E-state index is 0.00441. The Balaban J connectivity index is 1.40. The average molecular weight is 532 g/mol. The Morgan fingerprint density at radius 2 is 1.59 bits per heavy atom. The molecular weight excluding hydrogens is 510 g/mol. The number of hydrogen-bond acceptors (Lipinski definition) is 7. The molecule has 37 heavy (non-hydrogen) atoms. The first kappa shape index (κ1) is 24.6. The maximum Gasteiger partial charge on any atom is 0.339 e. The molecule has 5 rings (SSSR count). The third-order valence-corrected chi connectivity index (χ3v) is 7.96. The van der Waals surface area contributed by atoms with E-state index in [4.69, 9.17) is 8.92 Å². The molecule has 0 N–H and O–H groups in total. The molecule has 1 saturated heterocycles. The standard InChI is InChI=1S/C28H21NO6S2/c1-34-24-16-20(17-25-27(30)29(28(31)36-25)18-19-8-3-2-4-9-19)14-15-23(24)35-37(32,33)26-13-7-11-21-10-5-6-12-22(21)26/h2-17H,18H2,1H3/b25-17-. The van der Waals surface area contributed by atoms with Gasteiger partial charge in [-0.1, -0.05) is 72.8 Å². The Morgan fingerprint density at radius 1 is 0.865 bits per heavy atom. The molecule has 1 fully saturated rings. The van der Waals surface area contributed by atoms with E-state index >= 15 is 0 Å². The zero-order valence-electron chi connectivity index (χ0n) is 19.7. The molecule has 0 spiro atoms. The summed E-state index contributed by atoms with van der Waals surface area (Å²) >= 11 is 0.853. The summed E-state index contributed by atoms with van der Waals surface area (Å²) < 4.78 is 37.1. The first-order chi connectivity index (χ1) is 17.9. The van der Waals surface area contributed by atoms with Crippen LogP contribution >= 0.6 is 11.8 Å². The second kappa shape index (κ2) is 10.1. The number of hydrogen-bond donors (Lipinski definition) is 0. The largest absolute Gasteiger partial charge is 0.493 e. The van der Waals surface area contributed by atoms with Crippen LogP contribution in [0.4, 0.5) is 4.79 Å². The predicted octanol–water partition coefficient (Wildman–Crippen LogP) is 5.85. The highest BCUT2D eigenvalue weighted by Gasteiger charge is 2.35. The predicted molar refractivity (Wildman–Crippen MR) is 143 cm³/mol. The third kappa shape index (κ3) is 5.09. The lowest BCUT2D eigenvalue weighted by atomic mass is 10.1. The lowest BCUT2D eigenvalue weighted by Crippen LogP contribution is -2.27. The Morgan fingerprint density at radius 3 is 2.38 bits per heavy atom. The maximum atomic E-state index is 13.1. The van der Waals surface area contributed by atoms with Crippen molar-refractivity contribution in [2.24, 2.45) is 0 Å². The highest BCUT2D eigenvalue weighted by molar-refractivity contribution is 8.18. The molecule has 4 aromatic carbocycles. The molecule has 0 radical (unpaired) electrons. The van der Waals surface area contributed by atoms with Crippen molar-refractivity contribution in [1.82, 2.24) is 4.90 Å². The van der Waals surface area contributed by atoms with Gasteiger partial charge in [-0.05, 0) is 52.6 Å². The molecular formula is C28H21NO6S2. The summed E-state index contributed by atoms with van der Waals surface area (Å²) in [6.07, 6.45) is 1.57. The number of rotatable bonds is 7. The molecule has 0 atom stereocenters. The van der Waals surface area contributed by atoms with Crippen LogP contribution in [0, 0.1) is 0 Å². The maximum absolute atomic E-state index is 13.1. The highest BCUT2D eigenvalue weighted by Crippen LogP contribution is 2.36. The summed E-state index contributed by atoms with van der Waals surface area (Å²) in [7, 11) is -2.77. The molecule has 1 aliphatic heterocycles. The fourth-order valence-corrected chi connectivity index (χ4v) is 5.98. The SMILES string of the molecule is COc1cc(/C=C2\SC(=O)N(Cc3ccccc3)C2=O)ccc1OS(=O)(=O)c1cccc2ccccc12. The van der Waals surface area contributed by atoms with E-state index < -0.39 is 16.0 Å². The number of benzene rings is 4.